The minimum absolute atomic E-state index is 0.214. The lowest BCUT2D eigenvalue weighted by Gasteiger charge is -2.32. The van der Waals surface area contributed by atoms with Crippen molar-refractivity contribution < 1.29 is 33.4 Å². The fourth-order valence-corrected chi connectivity index (χ4v) is 8.80. The highest BCUT2D eigenvalue weighted by molar-refractivity contribution is 7.18. The van der Waals surface area contributed by atoms with Crippen molar-refractivity contribution in [2.75, 3.05) is 79.0 Å². The molecule has 2 N–H and O–H groups in total. The first kappa shape index (κ1) is 43.2. The number of cyclic esters (lactones) is 2. The van der Waals surface area contributed by atoms with Crippen LogP contribution in [-0.4, -0.2) is 124 Å². The molecular formula is C40H42Cl2N10O7S2. The van der Waals surface area contributed by atoms with Crippen LogP contribution in [0.1, 0.15) is 33.2 Å². The first-order chi connectivity index (χ1) is 29.3. The molecule has 2 aromatic carbocycles. The van der Waals surface area contributed by atoms with Crippen LogP contribution in [0.3, 0.4) is 0 Å². The Morgan fingerprint density at radius 1 is 0.656 bits per heavy atom. The number of carbonyl (C=O) groups is 5. The Bertz CT molecular complexity index is 2320. The lowest BCUT2D eigenvalue weighted by molar-refractivity contribution is -0.118. The molecule has 21 heteroatoms. The molecule has 4 aliphatic heterocycles. The molecule has 2 fully saturated rings. The van der Waals surface area contributed by atoms with E-state index in [9.17, 15) is 24.0 Å². The maximum Gasteiger partial charge on any atom is 0.414 e. The molecule has 17 nitrogen and oxygen atoms in total. The molecule has 2 atom stereocenters. The van der Waals surface area contributed by atoms with Crippen molar-refractivity contribution in [3.63, 3.8) is 0 Å². The van der Waals surface area contributed by atoms with Crippen molar-refractivity contribution in [2.24, 2.45) is 10.2 Å². The molecular weight excluding hydrogens is 868 g/mol. The Kier molecular flexibility index (Phi) is 13.6. The zero-order chi connectivity index (χ0) is 43.2. The number of rotatable bonds is 11. The van der Waals surface area contributed by atoms with Crippen molar-refractivity contribution >= 4 is 111 Å². The number of benzene rings is 2. The van der Waals surface area contributed by atoms with Crippen LogP contribution in [0.25, 0.3) is 0 Å². The summed E-state index contributed by atoms with van der Waals surface area (Å²) >= 11 is 14.1. The van der Waals surface area contributed by atoms with E-state index in [0.29, 0.717) is 56.7 Å². The second-order valence-corrected chi connectivity index (χ2v) is 17.6. The van der Waals surface area contributed by atoms with Crippen molar-refractivity contribution in [1.82, 2.24) is 20.7 Å². The predicted octanol–water partition coefficient (Wildman–Crippen LogP) is 6.01. The molecule has 0 unspecified atom stereocenters. The number of thiophene rings is 2. The number of carbonyl (C=O) groups excluding carboxylic acids is 5. The van der Waals surface area contributed by atoms with Crippen LogP contribution >= 0.6 is 45.9 Å². The first-order valence-electron chi connectivity index (χ1n) is 19.2. The smallest absolute Gasteiger partial charge is 0.414 e. The number of nitrogens with zero attached hydrogens (tertiary/aromatic N) is 8. The molecule has 4 aromatic rings. The average Bonchev–Trinajstić information content (AvgIpc) is 4.07. The molecule has 2 saturated heterocycles. The molecule has 2 aromatic heterocycles. The quantitative estimate of drug-likeness (QED) is 0.170. The van der Waals surface area contributed by atoms with Gasteiger partial charge in [0.15, 0.2) is 0 Å². The van der Waals surface area contributed by atoms with E-state index in [1.807, 2.05) is 79.3 Å². The lowest BCUT2D eigenvalue weighted by Crippen LogP contribution is -2.42. The van der Waals surface area contributed by atoms with Gasteiger partial charge < -0.3 is 29.9 Å². The summed E-state index contributed by atoms with van der Waals surface area (Å²) in [5, 5.41) is 17.5. The van der Waals surface area contributed by atoms with Gasteiger partial charge in [-0.2, -0.15) is 10.2 Å². The van der Waals surface area contributed by atoms with Crippen LogP contribution in [0.2, 0.25) is 8.67 Å². The van der Waals surface area contributed by atoms with Gasteiger partial charge in [-0.3, -0.25) is 29.2 Å². The van der Waals surface area contributed by atoms with Crippen molar-refractivity contribution in [3.05, 3.63) is 91.2 Å². The summed E-state index contributed by atoms with van der Waals surface area (Å²) < 4.78 is 11.9. The van der Waals surface area contributed by atoms with Gasteiger partial charge in [0.25, 0.3) is 11.8 Å². The highest BCUT2D eigenvalue weighted by Gasteiger charge is 2.34. The zero-order valence-electron chi connectivity index (χ0n) is 33.3. The molecule has 61 heavy (non-hydrogen) atoms. The van der Waals surface area contributed by atoms with Crippen molar-refractivity contribution in [3.8, 4) is 0 Å². The van der Waals surface area contributed by atoms with E-state index in [2.05, 4.69) is 25.7 Å². The number of hydrogen-bond acceptors (Lipinski definition) is 14. The highest BCUT2D eigenvalue weighted by Crippen LogP contribution is 2.28. The van der Waals surface area contributed by atoms with Crippen LogP contribution in [0.15, 0.2) is 83.0 Å². The van der Waals surface area contributed by atoms with Crippen molar-refractivity contribution in [1.29, 1.82) is 0 Å². The number of halogens is 2. The van der Waals surface area contributed by atoms with Gasteiger partial charge in [0.1, 0.15) is 23.9 Å². The number of amidine groups is 2. The summed E-state index contributed by atoms with van der Waals surface area (Å²) in [6.45, 7) is 7.83. The van der Waals surface area contributed by atoms with E-state index in [1.165, 1.54) is 32.6 Å². The van der Waals surface area contributed by atoms with Gasteiger partial charge in [0.05, 0.1) is 57.7 Å². The van der Waals surface area contributed by atoms with Gasteiger partial charge in [-0.15, -0.1) is 22.7 Å². The van der Waals surface area contributed by atoms with Gasteiger partial charge in [0, 0.05) is 42.9 Å². The standard InChI is InChI=1S/C20H20ClN5O4S.C20H22ClN5O3S/c1-13-23-24(12-27)8-9-25(13)14-2-4-15(5-3-14)26-11-16(30-20(26)29)10-22-19(28)17-6-7-18(21)31-17;1-13-23-24(2)9-10-25(13)14-3-5-15(6-4-14)26-12-16(29-20(26)28)11-22-19(27)17-7-8-18(21)30-17/h2-7,12,16H,8-11H2,1H3,(H,22,28);3-8,16H,9-12H2,1-2H3,(H,22,27)/t2*16-/m00/s1. The average molecular weight is 910 g/mol. The molecule has 0 aliphatic carbocycles. The monoisotopic (exact) mass is 908 g/mol. The van der Waals surface area contributed by atoms with Gasteiger partial charge >= 0.3 is 12.2 Å². The SMILES string of the molecule is CC1=NN(C)CCN1c1ccc(N2C[C@H](CNC(=O)c3ccc(Cl)s3)OC2=O)cc1.CC1=NN(C=O)CCN1c1ccc(N2C[C@H](CNC(=O)c3ccc(Cl)s3)OC2=O)cc1. The van der Waals surface area contributed by atoms with Crippen LogP contribution < -0.4 is 30.2 Å². The number of ether oxygens (including phenoxy) is 2. The molecule has 0 spiro atoms. The van der Waals surface area contributed by atoms with Crippen LogP contribution in [0, 0.1) is 0 Å². The summed E-state index contributed by atoms with van der Waals surface area (Å²) in [6.07, 6.45) is -1.03. The summed E-state index contributed by atoms with van der Waals surface area (Å²) in [6, 6.07) is 21.9. The molecule has 0 saturated carbocycles. The van der Waals surface area contributed by atoms with E-state index >= 15 is 0 Å². The third-order valence-corrected chi connectivity index (χ3v) is 12.4. The molecule has 4 aliphatic rings. The molecule has 6 heterocycles. The van der Waals surface area contributed by atoms with Crippen LogP contribution in [-0.2, 0) is 14.3 Å². The number of amides is 5. The maximum absolute atomic E-state index is 12.3. The Hall–Kier alpha value is -5.89. The minimum atomic E-state index is -0.455. The number of likely N-dealkylation sites (N-methyl/N-ethyl adjacent to an activating group) is 1. The summed E-state index contributed by atoms with van der Waals surface area (Å²) in [5.41, 5.74) is 3.40. The second kappa shape index (κ2) is 19.2. The number of nitrogens with one attached hydrogen (secondary N) is 2. The Morgan fingerprint density at radius 2 is 1.07 bits per heavy atom. The third-order valence-electron chi connectivity index (χ3n) is 9.96. The fraction of sp³-hybridized carbons (Fsp3) is 0.325. The second-order valence-electron chi connectivity index (χ2n) is 14.1. The molecule has 5 amide bonds. The van der Waals surface area contributed by atoms with Gasteiger partial charge in [-0.1, -0.05) is 23.2 Å². The third kappa shape index (κ3) is 10.5. The Balaban J connectivity index is 0.000000184. The lowest BCUT2D eigenvalue weighted by atomic mass is 10.2. The van der Waals surface area contributed by atoms with E-state index in [4.69, 9.17) is 32.7 Å². The highest BCUT2D eigenvalue weighted by atomic mass is 35.5. The van der Waals surface area contributed by atoms with E-state index < -0.39 is 24.4 Å². The number of anilines is 4. The van der Waals surface area contributed by atoms with E-state index in [1.54, 1.807) is 29.2 Å². The minimum Gasteiger partial charge on any atom is -0.442 e. The van der Waals surface area contributed by atoms with Crippen LogP contribution in [0.5, 0.6) is 0 Å². The van der Waals surface area contributed by atoms with E-state index in [0.717, 1.165) is 41.8 Å². The Morgan fingerprint density at radius 3 is 1.44 bits per heavy atom. The van der Waals surface area contributed by atoms with Gasteiger partial charge in [-0.05, 0) is 86.6 Å². The number of hydrazone groups is 2. The Labute approximate surface area is 369 Å². The normalized spacial score (nSPS) is 18.8. The fourth-order valence-electron chi connectivity index (χ4n) is 6.88. The number of hydrogen-bond donors (Lipinski definition) is 2. The summed E-state index contributed by atoms with van der Waals surface area (Å²) in [5.74, 6) is 1.17. The largest absolute Gasteiger partial charge is 0.442 e. The maximum atomic E-state index is 12.3. The summed E-state index contributed by atoms with van der Waals surface area (Å²) in [7, 11) is 1.96. The zero-order valence-corrected chi connectivity index (χ0v) is 36.5. The van der Waals surface area contributed by atoms with Gasteiger partial charge in [0.2, 0.25) is 6.41 Å². The molecule has 0 radical (unpaired) electrons. The summed E-state index contributed by atoms with van der Waals surface area (Å²) in [4.78, 5) is 68.1. The molecule has 320 valence electrons. The van der Waals surface area contributed by atoms with Crippen molar-refractivity contribution in [2.45, 2.75) is 26.1 Å². The van der Waals surface area contributed by atoms with Gasteiger partial charge in [-0.25, -0.2) is 14.6 Å². The van der Waals surface area contributed by atoms with Crippen LogP contribution in [0.4, 0.5) is 32.3 Å². The molecule has 8 rings (SSSR count). The van der Waals surface area contributed by atoms with E-state index in [-0.39, 0.29) is 24.9 Å². The predicted molar refractivity (Wildman–Crippen MR) is 238 cm³/mol. The molecule has 0 bridgehead atoms. The first-order valence-corrected chi connectivity index (χ1v) is 21.6. The topological polar surface area (TPSA) is 172 Å².